The number of phenolic OH excluding ortho intramolecular Hbond substituents is 2. The van der Waals surface area contributed by atoms with Gasteiger partial charge in [-0.15, -0.1) is 0 Å². The van der Waals surface area contributed by atoms with Gasteiger partial charge < -0.3 is 57.7 Å². The van der Waals surface area contributed by atoms with Crippen LogP contribution >= 0.6 is 0 Å². The van der Waals surface area contributed by atoms with Crippen LogP contribution < -0.4 is 32.3 Å². The van der Waals surface area contributed by atoms with Gasteiger partial charge in [-0.25, -0.2) is 4.79 Å². The predicted octanol–water partition coefficient (Wildman–Crippen LogP) is 2.21. The normalized spacial score (nSPS) is 13.9. The van der Waals surface area contributed by atoms with Gasteiger partial charge in [-0.1, -0.05) is 86.6 Å². The minimum atomic E-state index is -1.75. The topological polar surface area (TPSA) is 302 Å². The maximum absolute atomic E-state index is 14.5. The number of amides is 5. The first kappa shape index (κ1) is 49.3. The van der Waals surface area contributed by atoms with Crippen LogP contribution in [0.5, 0.6) is 11.5 Å². The Hall–Kier alpha value is -7.73. The van der Waals surface area contributed by atoms with Crippen LogP contribution in [0, 0.1) is 5.92 Å². The van der Waals surface area contributed by atoms with Gasteiger partial charge >= 0.3 is 11.9 Å². The molecule has 0 saturated heterocycles. The van der Waals surface area contributed by atoms with Crippen molar-refractivity contribution < 1.29 is 54.0 Å². The number of carboxylic acids is 2. The van der Waals surface area contributed by atoms with Crippen molar-refractivity contribution >= 4 is 52.4 Å². The number of nitrogens with two attached hydrogens (primary N) is 1. The number of benzene rings is 4. The number of hydrogen-bond donors (Lipinski definition) is 11. The number of nitrogens with one attached hydrogen (secondary N) is 6. The molecule has 0 aliphatic heterocycles. The molecule has 0 saturated carbocycles. The molecule has 18 heteroatoms. The first-order chi connectivity index (χ1) is 31.4. The fraction of sp³-hybridized carbons (Fsp3) is 0.312. The minimum absolute atomic E-state index is 0.0224. The lowest BCUT2D eigenvalue weighted by atomic mass is 10.00. The van der Waals surface area contributed by atoms with Crippen LogP contribution in [0.25, 0.3) is 10.9 Å². The van der Waals surface area contributed by atoms with Gasteiger partial charge in [-0.2, -0.15) is 0 Å². The number of phenols is 2. The van der Waals surface area contributed by atoms with E-state index >= 15 is 0 Å². The van der Waals surface area contributed by atoms with Crippen LogP contribution in [0.1, 0.15) is 48.9 Å². The van der Waals surface area contributed by atoms with Crippen molar-refractivity contribution in [2.45, 2.75) is 88.6 Å². The molecule has 5 rings (SSSR count). The van der Waals surface area contributed by atoms with Gasteiger partial charge in [-0.3, -0.25) is 28.8 Å². The highest BCUT2D eigenvalue weighted by Crippen LogP contribution is 2.20. The molecule has 348 valence electrons. The second-order valence-electron chi connectivity index (χ2n) is 16.5. The molecule has 0 fully saturated rings. The van der Waals surface area contributed by atoms with Crippen LogP contribution in [-0.4, -0.2) is 103 Å². The Kier molecular flexibility index (Phi) is 17.4. The highest BCUT2D eigenvalue weighted by atomic mass is 16.4. The maximum atomic E-state index is 14.5. The third kappa shape index (κ3) is 14.7. The highest BCUT2D eigenvalue weighted by molar-refractivity contribution is 5.98. The van der Waals surface area contributed by atoms with Crippen molar-refractivity contribution in [3.8, 4) is 11.5 Å². The Labute approximate surface area is 380 Å². The van der Waals surface area contributed by atoms with Gasteiger partial charge in [0.2, 0.25) is 29.5 Å². The van der Waals surface area contributed by atoms with Gasteiger partial charge in [0.05, 0.1) is 12.5 Å². The van der Waals surface area contributed by atoms with E-state index in [1.54, 1.807) is 62.5 Å². The highest BCUT2D eigenvalue weighted by Gasteiger charge is 2.34. The molecule has 0 spiro atoms. The largest absolute Gasteiger partial charge is 0.508 e. The van der Waals surface area contributed by atoms with E-state index < -0.39 is 84.1 Å². The molecule has 0 aliphatic carbocycles. The molecule has 1 aromatic heterocycles. The molecular formula is C48H55N7O11. The Balaban J connectivity index is 1.44. The van der Waals surface area contributed by atoms with Gasteiger partial charge in [0.15, 0.2) is 0 Å². The van der Waals surface area contributed by atoms with E-state index in [4.69, 9.17) is 5.73 Å². The van der Waals surface area contributed by atoms with Crippen LogP contribution in [0.2, 0.25) is 0 Å². The zero-order chi connectivity index (χ0) is 47.9. The van der Waals surface area contributed by atoms with E-state index in [0.29, 0.717) is 22.3 Å². The van der Waals surface area contributed by atoms with Crippen molar-refractivity contribution in [1.29, 1.82) is 0 Å². The van der Waals surface area contributed by atoms with Crippen LogP contribution in [0.3, 0.4) is 0 Å². The van der Waals surface area contributed by atoms with E-state index in [9.17, 15) is 54.0 Å². The number of fused-ring (bicyclic) bond motifs is 1. The zero-order valence-corrected chi connectivity index (χ0v) is 36.4. The summed E-state index contributed by atoms with van der Waals surface area (Å²) in [5.41, 5.74) is 9.46. The Morgan fingerprint density at radius 3 is 1.50 bits per heavy atom. The van der Waals surface area contributed by atoms with Crippen molar-refractivity contribution in [2.24, 2.45) is 11.7 Å². The van der Waals surface area contributed by atoms with E-state index in [2.05, 4.69) is 31.6 Å². The summed E-state index contributed by atoms with van der Waals surface area (Å²) in [6.07, 6.45) is 0.480. The number of carbonyl (C=O) groups excluding carboxylic acids is 5. The zero-order valence-electron chi connectivity index (χ0n) is 36.4. The molecule has 0 bridgehead atoms. The van der Waals surface area contributed by atoms with Gasteiger partial charge in [-0.05, 0) is 71.3 Å². The lowest BCUT2D eigenvalue weighted by Gasteiger charge is -2.27. The molecule has 12 N–H and O–H groups in total. The van der Waals surface area contributed by atoms with Crippen LogP contribution in [0.15, 0.2) is 109 Å². The fourth-order valence-electron chi connectivity index (χ4n) is 7.29. The van der Waals surface area contributed by atoms with Crippen molar-refractivity contribution in [3.05, 3.63) is 132 Å². The van der Waals surface area contributed by atoms with Crippen molar-refractivity contribution in [3.63, 3.8) is 0 Å². The Morgan fingerprint density at radius 1 is 0.530 bits per heavy atom. The monoisotopic (exact) mass is 905 g/mol. The molecule has 0 unspecified atom stereocenters. The number of aliphatic carboxylic acids is 2. The number of aromatic amines is 1. The molecule has 66 heavy (non-hydrogen) atoms. The summed E-state index contributed by atoms with van der Waals surface area (Å²) in [7, 11) is 0. The quantitative estimate of drug-likeness (QED) is 0.0450. The van der Waals surface area contributed by atoms with Gasteiger partial charge in [0.25, 0.3) is 0 Å². The summed E-state index contributed by atoms with van der Waals surface area (Å²) < 4.78 is 0. The van der Waals surface area contributed by atoms with E-state index in [-0.39, 0.29) is 49.5 Å². The third-order valence-electron chi connectivity index (χ3n) is 10.7. The molecule has 0 aliphatic rings. The Morgan fingerprint density at radius 2 is 0.970 bits per heavy atom. The summed E-state index contributed by atoms with van der Waals surface area (Å²) >= 11 is 0. The van der Waals surface area contributed by atoms with E-state index in [1.165, 1.54) is 36.4 Å². The molecule has 18 nitrogen and oxygen atoms in total. The van der Waals surface area contributed by atoms with Crippen molar-refractivity contribution in [1.82, 2.24) is 31.6 Å². The number of carboxylic acid groups (broad SMARTS) is 2. The van der Waals surface area contributed by atoms with Crippen LogP contribution in [-0.2, 0) is 59.2 Å². The van der Waals surface area contributed by atoms with E-state index in [1.807, 2.05) is 24.3 Å². The maximum Gasteiger partial charge on any atom is 0.326 e. The number of carbonyl (C=O) groups is 7. The summed E-state index contributed by atoms with van der Waals surface area (Å²) in [6.45, 7) is 3.48. The molecule has 1 heterocycles. The minimum Gasteiger partial charge on any atom is -0.508 e. The fourth-order valence-corrected chi connectivity index (χ4v) is 7.29. The summed E-state index contributed by atoms with van der Waals surface area (Å²) in [5, 5.41) is 52.8. The van der Waals surface area contributed by atoms with Crippen molar-refractivity contribution in [2.75, 3.05) is 0 Å². The third-order valence-corrected chi connectivity index (χ3v) is 10.7. The average Bonchev–Trinajstić information content (AvgIpc) is 3.69. The lowest BCUT2D eigenvalue weighted by Crippen LogP contribution is -2.60. The molecule has 4 aromatic carbocycles. The molecular weight excluding hydrogens is 851 g/mol. The number of rotatable bonds is 23. The van der Waals surface area contributed by atoms with Gasteiger partial charge in [0, 0.05) is 36.4 Å². The first-order valence-corrected chi connectivity index (χ1v) is 21.3. The first-order valence-electron chi connectivity index (χ1n) is 21.3. The number of aromatic hydroxyl groups is 2. The second kappa shape index (κ2) is 23.3. The molecule has 5 amide bonds. The second-order valence-corrected chi connectivity index (χ2v) is 16.5. The standard InChI is InChI=1S/C48H55N7O11/c1-27(2)20-41(48(65)66)55-47(64)40(25-42(58)59)54-45(62)37(22-28-8-4-3-5-9-28)52-44(61)38(23-30-14-18-33(57)19-15-30)53-46(63)39(24-31-26-50-36-11-7-6-10-34(31)36)51-43(60)35(49)21-29-12-16-32(56)17-13-29/h3-19,26-27,35,37-41,50,56-57H,20-25,49H2,1-2H3,(H,51,60)(H,52,61)(H,53,63)(H,54,62)(H,55,64)(H,58,59)(H,65,66)/t35-,37-,38-,39-,40-,41-/m0/s1. The summed E-state index contributed by atoms with van der Waals surface area (Å²) in [5.74, 6) is -7.41. The molecule has 5 aromatic rings. The number of hydrogen-bond acceptors (Lipinski definition) is 10. The summed E-state index contributed by atoms with van der Waals surface area (Å²) in [4.78, 5) is 97.3. The smallest absolute Gasteiger partial charge is 0.326 e. The molecule has 0 radical (unpaired) electrons. The summed E-state index contributed by atoms with van der Waals surface area (Å²) in [6, 6.07) is 19.3. The van der Waals surface area contributed by atoms with Gasteiger partial charge in [0.1, 0.15) is 41.7 Å². The van der Waals surface area contributed by atoms with Crippen LogP contribution in [0.4, 0.5) is 0 Å². The Bertz CT molecular complexity index is 2480. The SMILES string of the molecule is CC(C)C[C@H](NC(=O)[C@H](CC(=O)O)NC(=O)[C@H](Cc1ccccc1)NC(=O)[C@H](Cc1ccc(O)cc1)NC(=O)[C@H](Cc1c[nH]c2ccccc12)NC(=O)[C@@H](N)Cc1ccc(O)cc1)C(=O)O. The average molecular weight is 906 g/mol. The number of H-pyrrole nitrogens is 1. The molecule has 6 atom stereocenters. The number of aromatic nitrogens is 1. The number of para-hydroxylation sites is 1. The van der Waals surface area contributed by atoms with E-state index in [0.717, 1.165) is 10.9 Å². The lowest BCUT2D eigenvalue weighted by molar-refractivity contribution is -0.144. The predicted molar refractivity (Wildman–Crippen MR) is 243 cm³/mol.